The molecule has 0 saturated carbocycles. The van der Waals surface area contributed by atoms with Crippen LogP contribution in [0.3, 0.4) is 0 Å². The van der Waals surface area contributed by atoms with Gasteiger partial charge in [-0.1, -0.05) is 86.6 Å². The number of hydrogen-bond donors (Lipinski definition) is 1. The Bertz CT molecular complexity index is 1420. The lowest BCUT2D eigenvalue weighted by atomic mass is 10.0. The molecule has 1 amide bonds. The van der Waals surface area contributed by atoms with Gasteiger partial charge in [-0.2, -0.15) is 9.78 Å². The van der Waals surface area contributed by atoms with Crippen molar-refractivity contribution in [3.63, 3.8) is 0 Å². The van der Waals surface area contributed by atoms with Gasteiger partial charge >= 0.3 is 5.69 Å². The number of rotatable bonds is 7. The summed E-state index contributed by atoms with van der Waals surface area (Å²) < 4.78 is 2.18. The van der Waals surface area contributed by atoms with E-state index >= 15 is 0 Å². The molecule has 3 aromatic carbocycles. The second kappa shape index (κ2) is 10.3. The predicted molar refractivity (Wildman–Crippen MR) is 136 cm³/mol. The summed E-state index contributed by atoms with van der Waals surface area (Å²) in [6, 6.07) is 25.6. The van der Waals surface area contributed by atoms with Gasteiger partial charge in [0.25, 0.3) is 11.5 Å². The van der Waals surface area contributed by atoms with Gasteiger partial charge in [0.05, 0.1) is 18.3 Å². The molecule has 7 nitrogen and oxygen atoms in total. The van der Waals surface area contributed by atoms with Gasteiger partial charge in [-0.05, 0) is 41.7 Å². The smallest absolute Gasteiger partial charge is 0.344 e. The Morgan fingerprint density at radius 3 is 2.03 bits per heavy atom. The molecule has 4 aromatic rings. The van der Waals surface area contributed by atoms with E-state index in [9.17, 15) is 14.4 Å². The van der Waals surface area contributed by atoms with Crippen LogP contribution in [0.1, 0.15) is 59.9 Å². The van der Waals surface area contributed by atoms with Crippen molar-refractivity contribution in [3.05, 3.63) is 128 Å². The highest BCUT2D eigenvalue weighted by molar-refractivity contribution is 5.92. The molecule has 4 rings (SSSR count). The Labute approximate surface area is 203 Å². The molecule has 35 heavy (non-hydrogen) atoms. The molecular formula is C28H28N4O3. The zero-order chi connectivity index (χ0) is 24.9. The summed E-state index contributed by atoms with van der Waals surface area (Å²) in [5, 5.41) is 7.06. The first-order valence-corrected chi connectivity index (χ1v) is 11.6. The summed E-state index contributed by atoms with van der Waals surface area (Å²) >= 11 is 0. The third-order valence-corrected chi connectivity index (χ3v) is 5.91. The van der Waals surface area contributed by atoms with E-state index in [2.05, 4.69) is 24.3 Å². The van der Waals surface area contributed by atoms with Crippen LogP contribution in [-0.2, 0) is 6.54 Å². The van der Waals surface area contributed by atoms with E-state index in [0.717, 1.165) is 25.9 Å². The molecular weight excluding hydrogens is 440 g/mol. The molecule has 1 heterocycles. The van der Waals surface area contributed by atoms with Crippen molar-refractivity contribution in [1.82, 2.24) is 19.7 Å². The second-order valence-electron chi connectivity index (χ2n) is 8.77. The Balaban J connectivity index is 1.79. The van der Waals surface area contributed by atoms with Crippen molar-refractivity contribution in [2.24, 2.45) is 0 Å². The first-order chi connectivity index (χ1) is 16.8. The zero-order valence-electron chi connectivity index (χ0n) is 20.0. The lowest BCUT2D eigenvalue weighted by molar-refractivity contribution is 0.0930. The van der Waals surface area contributed by atoms with E-state index in [0.29, 0.717) is 11.6 Å². The van der Waals surface area contributed by atoms with Crippen molar-refractivity contribution >= 4 is 5.91 Å². The topological polar surface area (TPSA) is 86.0 Å². The van der Waals surface area contributed by atoms with E-state index in [4.69, 9.17) is 0 Å². The summed E-state index contributed by atoms with van der Waals surface area (Å²) in [5.74, 6) is -0.317. The third-order valence-electron chi connectivity index (χ3n) is 5.91. The molecule has 0 aliphatic rings. The standard InChI is InChI=1S/C28H28N4O3/c1-19(2)22-14-16-24(17-15-22)32-28(35)31(18-21-10-6-4-7-11-21)27(34)25(30-32)26(33)29-20(3)23-12-8-5-9-13-23/h4-17,19-20H,18H2,1-3H3,(H,29,33). The number of carbonyl (C=O) groups excluding carboxylic acids is 1. The highest BCUT2D eigenvalue weighted by atomic mass is 16.2. The van der Waals surface area contributed by atoms with Crippen LogP contribution in [0.25, 0.3) is 5.69 Å². The third kappa shape index (κ3) is 5.30. The van der Waals surface area contributed by atoms with Crippen LogP contribution in [0.5, 0.6) is 0 Å². The van der Waals surface area contributed by atoms with Crippen LogP contribution in [0, 0.1) is 0 Å². The summed E-state index contributed by atoms with van der Waals surface area (Å²) in [7, 11) is 0. The minimum atomic E-state index is -0.730. The van der Waals surface area contributed by atoms with E-state index in [1.54, 1.807) is 12.1 Å². The van der Waals surface area contributed by atoms with Crippen molar-refractivity contribution in [3.8, 4) is 5.69 Å². The van der Waals surface area contributed by atoms with E-state index in [1.165, 1.54) is 0 Å². The van der Waals surface area contributed by atoms with Crippen LogP contribution in [0.4, 0.5) is 0 Å². The normalized spacial score (nSPS) is 11.9. The van der Waals surface area contributed by atoms with Crippen molar-refractivity contribution in [2.45, 2.75) is 39.3 Å². The fourth-order valence-corrected chi connectivity index (χ4v) is 3.82. The molecule has 0 fully saturated rings. The van der Waals surface area contributed by atoms with Crippen molar-refractivity contribution < 1.29 is 4.79 Å². The molecule has 0 aliphatic carbocycles. The minimum Gasteiger partial charge on any atom is -0.344 e. The summed E-state index contributed by atoms with van der Waals surface area (Å²) in [6.45, 7) is 6.02. The number of hydrogen-bond acceptors (Lipinski definition) is 4. The van der Waals surface area contributed by atoms with Gasteiger partial charge in [-0.15, -0.1) is 0 Å². The number of aromatic nitrogens is 3. The van der Waals surface area contributed by atoms with E-state index < -0.39 is 17.2 Å². The molecule has 1 unspecified atom stereocenters. The Morgan fingerprint density at radius 2 is 1.43 bits per heavy atom. The Kier molecular flexibility index (Phi) is 7.06. The van der Waals surface area contributed by atoms with Gasteiger partial charge in [0.2, 0.25) is 5.69 Å². The maximum Gasteiger partial charge on any atom is 0.352 e. The quantitative estimate of drug-likeness (QED) is 0.443. The molecule has 1 aromatic heterocycles. The molecule has 0 bridgehead atoms. The number of carbonyl (C=O) groups is 1. The molecule has 7 heteroatoms. The highest BCUT2D eigenvalue weighted by Crippen LogP contribution is 2.16. The summed E-state index contributed by atoms with van der Waals surface area (Å²) in [4.78, 5) is 39.9. The van der Waals surface area contributed by atoms with Crippen LogP contribution in [0.2, 0.25) is 0 Å². The predicted octanol–water partition coefficient (Wildman–Crippen LogP) is 4.06. The number of nitrogens with one attached hydrogen (secondary N) is 1. The van der Waals surface area contributed by atoms with E-state index in [1.807, 2.05) is 79.7 Å². The van der Waals surface area contributed by atoms with Crippen LogP contribution >= 0.6 is 0 Å². The first-order valence-electron chi connectivity index (χ1n) is 11.6. The molecule has 1 N–H and O–H groups in total. The van der Waals surface area contributed by atoms with Gasteiger partial charge in [-0.3, -0.25) is 14.2 Å². The average molecular weight is 469 g/mol. The number of benzene rings is 3. The first kappa shape index (κ1) is 23.9. The maximum atomic E-state index is 13.4. The fraction of sp³-hybridized carbons (Fsp3) is 0.214. The molecule has 1 atom stereocenters. The lowest BCUT2D eigenvalue weighted by Gasteiger charge is -2.16. The maximum absolute atomic E-state index is 13.4. The minimum absolute atomic E-state index is 0.0274. The highest BCUT2D eigenvalue weighted by Gasteiger charge is 2.22. The monoisotopic (exact) mass is 468 g/mol. The fourth-order valence-electron chi connectivity index (χ4n) is 3.82. The summed E-state index contributed by atoms with van der Waals surface area (Å²) in [5.41, 5.74) is 1.57. The number of amides is 1. The molecule has 0 spiro atoms. The second-order valence-corrected chi connectivity index (χ2v) is 8.77. The lowest BCUT2D eigenvalue weighted by Crippen LogP contribution is -2.46. The van der Waals surface area contributed by atoms with Gasteiger partial charge in [0.1, 0.15) is 0 Å². The SMILES string of the molecule is CC(C)c1ccc(-n2nc(C(=O)NC(C)c3ccccc3)c(=O)n(Cc3ccccc3)c2=O)cc1. The molecule has 0 saturated heterocycles. The van der Waals surface area contributed by atoms with E-state index in [-0.39, 0.29) is 18.3 Å². The molecule has 0 aliphatic heterocycles. The van der Waals surface area contributed by atoms with Crippen molar-refractivity contribution in [1.29, 1.82) is 0 Å². The zero-order valence-corrected chi connectivity index (χ0v) is 20.0. The van der Waals surface area contributed by atoms with Gasteiger partial charge in [-0.25, -0.2) is 4.79 Å². The van der Waals surface area contributed by atoms with Crippen molar-refractivity contribution in [2.75, 3.05) is 0 Å². The molecule has 0 radical (unpaired) electrons. The summed E-state index contributed by atoms with van der Waals surface area (Å²) in [6.07, 6.45) is 0. The van der Waals surface area contributed by atoms with Crippen LogP contribution < -0.4 is 16.6 Å². The Morgan fingerprint density at radius 1 is 0.829 bits per heavy atom. The largest absolute Gasteiger partial charge is 0.352 e. The Hall–Kier alpha value is -4.26. The molecule has 178 valence electrons. The van der Waals surface area contributed by atoms with Crippen LogP contribution in [-0.4, -0.2) is 20.3 Å². The number of nitrogens with zero attached hydrogens (tertiary/aromatic N) is 3. The van der Waals surface area contributed by atoms with Gasteiger partial charge in [0.15, 0.2) is 0 Å². The van der Waals surface area contributed by atoms with Gasteiger partial charge < -0.3 is 5.32 Å². The van der Waals surface area contributed by atoms with Gasteiger partial charge in [0, 0.05) is 0 Å². The average Bonchev–Trinajstić information content (AvgIpc) is 2.87. The van der Waals surface area contributed by atoms with Crippen LogP contribution in [0.15, 0.2) is 94.5 Å².